The normalized spacial score (nSPS) is 29.3. The number of carbonyl (C=O) groups is 1. The van der Waals surface area contributed by atoms with E-state index in [2.05, 4.69) is 9.97 Å². The third-order valence-corrected chi connectivity index (χ3v) is 4.47. The number of aromatic nitrogens is 3. The molecule has 25 heavy (non-hydrogen) atoms. The van der Waals surface area contributed by atoms with E-state index >= 15 is 0 Å². The van der Waals surface area contributed by atoms with Crippen molar-refractivity contribution in [3.8, 4) is 0 Å². The summed E-state index contributed by atoms with van der Waals surface area (Å²) in [6.07, 6.45) is -0.611. The first-order valence-electron chi connectivity index (χ1n) is 7.69. The molecule has 2 aromatic rings. The molecule has 1 amide bonds. The van der Waals surface area contributed by atoms with Crippen LogP contribution in [0.3, 0.4) is 0 Å². The molecular weight excluding hydrogens is 330 g/mol. The van der Waals surface area contributed by atoms with Crippen LogP contribution < -0.4 is 10.6 Å². The number of carbonyl (C=O) groups excluding carboxylic acids is 1. The number of hydrogen-bond acceptors (Lipinski definition) is 8. The predicted octanol–water partition coefficient (Wildman–Crippen LogP) is -1.40. The van der Waals surface area contributed by atoms with Gasteiger partial charge in [-0.1, -0.05) is 0 Å². The fraction of sp³-hybridized carbons (Fsp3) is 0.533. The van der Waals surface area contributed by atoms with E-state index in [1.165, 1.54) is 24.0 Å². The van der Waals surface area contributed by atoms with Crippen LogP contribution in [0.25, 0.3) is 11.0 Å². The smallest absolute Gasteiger partial charge is 0.251 e. The maximum absolute atomic E-state index is 11.9. The van der Waals surface area contributed by atoms with Crippen LogP contribution in [0.5, 0.6) is 0 Å². The van der Waals surface area contributed by atoms with Crippen LogP contribution in [-0.4, -0.2) is 74.3 Å². The number of aliphatic hydroxyl groups excluding tert-OH is 2. The summed E-state index contributed by atoms with van der Waals surface area (Å²) in [5, 5.41) is 30.6. The second-order valence-electron chi connectivity index (χ2n) is 6.48. The molecule has 0 aliphatic carbocycles. The van der Waals surface area contributed by atoms with Crippen molar-refractivity contribution in [2.75, 3.05) is 25.6 Å². The summed E-state index contributed by atoms with van der Waals surface area (Å²) in [7, 11) is 3.52. The minimum atomic E-state index is -1.71. The zero-order chi connectivity index (χ0) is 18.5. The number of rotatable bonds is 4. The lowest BCUT2D eigenvalue weighted by molar-refractivity contribution is -0.0948. The molecule has 3 rings (SSSR count). The van der Waals surface area contributed by atoms with Gasteiger partial charge in [0.25, 0.3) is 5.91 Å². The first-order valence-corrected chi connectivity index (χ1v) is 7.69. The molecule has 0 aromatic carbocycles. The lowest BCUT2D eigenvalue weighted by atomic mass is 9.96. The Morgan fingerprint density at radius 1 is 1.48 bits per heavy atom. The Balaban J connectivity index is 2.25. The molecule has 10 nitrogen and oxygen atoms in total. The summed E-state index contributed by atoms with van der Waals surface area (Å²) in [6, 6.07) is 0. The molecule has 5 N–H and O–H groups in total. The van der Waals surface area contributed by atoms with E-state index in [1.807, 2.05) is 0 Å². The topological polar surface area (TPSA) is 147 Å². The zero-order valence-electron chi connectivity index (χ0n) is 14.1. The van der Waals surface area contributed by atoms with Gasteiger partial charge in [-0.3, -0.25) is 4.79 Å². The van der Waals surface area contributed by atoms with Gasteiger partial charge in [-0.2, -0.15) is 0 Å². The van der Waals surface area contributed by atoms with E-state index in [0.29, 0.717) is 16.9 Å². The fourth-order valence-electron chi connectivity index (χ4n) is 3.16. The number of amides is 1. The van der Waals surface area contributed by atoms with Gasteiger partial charge in [-0.25, -0.2) is 9.97 Å². The first kappa shape index (κ1) is 17.5. The minimum absolute atomic E-state index is 0.167. The van der Waals surface area contributed by atoms with Crippen LogP contribution in [0.2, 0.25) is 0 Å². The van der Waals surface area contributed by atoms with Gasteiger partial charge in [0.1, 0.15) is 35.6 Å². The lowest BCUT2D eigenvalue weighted by Gasteiger charge is -2.27. The van der Waals surface area contributed by atoms with E-state index in [1.54, 1.807) is 19.0 Å². The lowest BCUT2D eigenvalue weighted by Crippen LogP contribution is -2.44. The number of nitrogens with zero attached hydrogens (tertiary/aromatic N) is 4. The number of ether oxygens (including phenoxy) is 1. The summed E-state index contributed by atoms with van der Waals surface area (Å²) in [5.74, 6) is -0.201. The number of hydrogen-bond donors (Lipinski definition) is 4. The molecule has 1 saturated heterocycles. The maximum Gasteiger partial charge on any atom is 0.251 e. The third-order valence-electron chi connectivity index (χ3n) is 4.47. The maximum atomic E-state index is 11.9. The van der Waals surface area contributed by atoms with Crippen molar-refractivity contribution < 1.29 is 24.9 Å². The molecule has 1 unspecified atom stereocenters. The molecule has 0 bridgehead atoms. The summed E-state index contributed by atoms with van der Waals surface area (Å²) >= 11 is 0. The van der Waals surface area contributed by atoms with Crippen molar-refractivity contribution in [1.82, 2.24) is 14.5 Å². The number of primary amides is 1. The Morgan fingerprint density at radius 2 is 2.16 bits per heavy atom. The highest BCUT2D eigenvalue weighted by Gasteiger charge is 2.53. The highest BCUT2D eigenvalue weighted by Crippen LogP contribution is 2.41. The summed E-state index contributed by atoms with van der Waals surface area (Å²) in [6.45, 7) is 0.926. The molecule has 3 heterocycles. The van der Waals surface area contributed by atoms with Crippen LogP contribution in [0.1, 0.15) is 23.5 Å². The van der Waals surface area contributed by atoms with Crippen LogP contribution in [-0.2, 0) is 4.74 Å². The van der Waals surface area contributed by atoms with Crippen LogP contribution in [0.4, 0.5) is 5.82 Å². The van der Waals surface area contributed by atoms with Gasteiger partial charge in [0.2, 0.25) is 0 Å². The third kappa shape index (κ3) is 2.54. The van der Waals surface area contributed by atoms with Gasteiger partial charge in [0, 0.05) is 20.3 Å². The molecule has 2 aromatic heterocycles. The molecular formula is C15H21N5O5. The SMILES string of the molecule is CN(C)c1ncnc2c1c(C(N)=O)cn2C1O[C@H](CO)[C@@H](O)[C@@]1(C)O. The van der Waals surface area contributed by atoms with E-state index in [9.17, 15) is 20.1 Å². The molecule has 0 saturated carbocycles. The molecule has 136 valence electrons. The van der Waals surface area contributed by atoms with Crippen molar-refractivity contribution >= 4 is 22.8 Å². The van der Waals surface area contributed by atoms with Crippen LogP contribution in [0, 0.1) is 0 Å². The highest BCUT2D eigenvalue weighted by atomic mass is 16.6. The highest BCUT2D eigenvalue weighted by molar-refractivity contribution is 6.09. The van der Waals surface area contributed by atoms with E-state index in [-0.39, 0.29) is 5.56 Å². The van der Waals surface area contributed by atoms with E-state index in [4.69, 9.17) is 10.5 Å². The average molecular weight is 351 g/mol. The Bertz CT molecular complexity index is 818. The van der Waals surface area contributed by atoms with E-state index < -0.39 is 36.6 Å². The average Bonchev–Trinajstić information content (AvgIpc) is 3.03. The van der Waals surface area contributed by atoms with Gasteiger partial charge in [-0.15, -0.1) is 0 Å². The molecule has 4 atom stereocenters. The van der Waals surface area contributed by atoms with Gasteiger partial charge in [0.05, 0.1) is 17.6 Å². The molecule has 1 aliphatic heterocycles. The molecule has 1 fully saturated rings. The quantitative estimate of drug-likeness (QED) is 0.526. The van der Waals surface area contributed by atoms with Crippen molar-refractivity contribution in [2.45, 2.75) is 31.0 Å². The second-order valence-corrected chi connectivity index (χ2v) is 6.48. The summed E-state index contributed by atoms with van der Waals surface area (Å²) in [4.78, 5) is 22.0. The number of fused-ring (bicyclic) bond motifs is 1. The largest absolute Gasteiger partial charge is 0.394 e. The minimum Gasteiger partial charge on any atom is -0.394 e. The number of nitrogens with two attached hydrogens (primary N) is 1. The van der Waals surface area contributed by atoms with Crippen LogP contribution in [0.15, 0.2) is 12.5 Å². The van der Waals surface area contributed by atoms with Crippen molar-refractivity contribution in [3.05, 3.63) is 18.1 Å². The fourth-order valence-corrected chi connectivity index (χ4v) is 3.16. The standard InChI is InChI=1S/C15H21N5O5/c1-15(24)10(22)8(5-21)25-14(15)20-4-7(11(16)23)9-12(19(2)3)17-6-18-13(9)20/h4,6,8,10,14,21-22,24H,5H2,1-3H3,(H2,16,23)/t8-,10-,14?,15-/m1/s1. The predicted molar refractivity (Wildman–Crippen MR) is 88.0 cm³/mol. The van der Waals surface area contributed by atoms with E-state index in [0.717, 1.165) is 0 Å². The molecule has 0 spiro atoms. The molecule has 10 heteroatoms. The number of anilines is 1. The zero-order valence-corrected chi connectivity index (χ0v) is 14.1. The van der Waals surface area contributed by atoms with Gasteiger partial charge in [0.15, 0.2) is 6.23 Å². The van der Waals surface area contributed by atoms with Gasteiger partial charge >= 0.3 is 0 Å². The van der Waals surface area contributed by atoms with Crippen molar-refractivity contribution in [3.63, 3.8) is 0 Å². The monoisotopic (exact) mass is 351 g/mol. The van der Waals surface area contributed by atoms with Crippen molar-refractivity contribution in [2.24, 2.45) is 5.73 Å². The Morgan fingerprint density at radius 3 is 2.68 bits per heavy atom. The molecule has 0 radical (unpaired) electrons. The van der Waals surface area contributed by atoms with Gasteiger partial charge < -0.3 is 35.3 Å². The Kier molecular flexibility index (Phi) is 4.15. The number of aliphatic hydroxyl groups is 3. The van der Waals surface area contributed by atoms with Gasteiger partial charge in [-0.05, 0) is 6.92 Å². The molecule has 1 aliphatic rings. The van der Waals surface area contributed by atoms with Crippen LogP contribution >= 0.6 is 0 Å². The van der Waals surface area contributed by atoms with Crippen molar-refractivity contribution in [1.29, 1.82) is 0 Å². The summed E-state index contributed by atoms with van der Waals surface area (Å²) in [5.41, 5.74) is 4.27. The second kappa shape index (κ2) is 5.92. The Labute approximate surface area is 143 Å². The summed E-state index contributed by atoms with van der Waals surface area (Å²) < 4.78 is 7.05. The first-order chi connectivity index (χ1) is 11.7. The Hall–Kier alpha value is -2.27.